The highest BCUT2D eigenvalue weighted by Crippen LogP contribution is 2.19. The maximum absolute atomic E-state index is 11.9. The smallest absolute Gasteiger partial charge is 0.241 e. The number of hydrogen-bond donors (Lipinski definition) is 2. The van der Waals surface area contributed by atoms with Gasteiger partial charge in [-0.05, 0) is 17.9 Å². The number of rotatable bonds is 6. The third-order valence-corrected chi connectivity index (χ3v) is 5.30. The molecule has 0 bridgehead atoms. The molecule has 1 rings (SSSR count). The lowest BCUT2D eigenvalue weighted by Crippen LogP contribution is -2.30. The van der Waals surface area contributed by atoms with Crippen LogP contribution < -0.4 is 4.72 Å². The zero-order valence-electron chi connectivity index (χ0n) is 10.3. The minimum absolute atomic E-state index is 0.122. The lowest BCUT2D eigenvalue weighted by Gasteiger charge is -2.15. The van der Waals surface area contributed by atoms with Crippen molar-refractivity contribution in [3.63, 3.8) is 0 Å². The van der Waals surface area contributed by atoms with E-state index in [0.717, 1.165) is 0 Å². The highest BCUT2D eigenvalue weighted by atomic mass is 32.2. The molecule has 0 aliphatic carbocycles. The first-order valence-electron chi connectivity index (χ1n) is 5.54. The third-order valence-electron chi connectivity index (χ3n) is 2.83. The molecule has 0 fully saturated rings. The summed E-state index contributed by atoms with van der Waals surface area (Å²) in [5, 5.41) is 10.5. The van der Waals surface area contributed by atoms with Crippen LogP contribution in [-0.2, 0) is 16.6 Å². The van der Waals surface area contributed by atoms with Crippen molar-refractivity contribution in [1.29, 1.82) is 0 Å². The Morgan fingerprint density at radius 2 is 2.06 bits per heavy atom. The first-order chi connectivity index (χ1) is 7.86. The Hall–Kier alpha value is -0.430. The summed E-state index contributed by atoms with van der Waals surface area (Å²) in [7, 11) is -3.43. The average Bonchev–Trinajstić information content (AvgIpc) is 2.75. The standard InChI is InChI=1S/C11H19NO3S2/c1-8(2)9(3)5-12-17(14,15)11-4-10(6-13)16-7-11/h4,7-9,12-13H,5-6H2,1-3H3. The molecule has 0 amide bonds. The van der Waals surface area contributed by atoms with Crippen molar-refractivity contribution in [3.05, 3.63) is 16.3 Å². The van der Waals surface area contributed by atoms with E-state index in [1.807, 2.05) is 6.92 Å². The molecule has 0 aliphatic rings. The van der Waals surface area contributed by atoms with Gasteiger partial charge in [-0.15, -0.1) is 11.3 Å². The summed E-state index contributed by atoms with van der Waals surface area (Å²) < 4.78 is 26.4. The van der Waals surface area contributed by atoms with E-state index in [-0.39, 0.29) is 11.5 Å². The summed E-state index contributed by atoms with van der Waals surface area (Å²) >= 11 is 1.25. The second-order valence-corrected chi connectivity index (χ2v) is 7.24. The Bertz CT molecular complexity index is 451. The van der Waals surface area contributed by atoms with Crippen LogP contribution in [0, 0.1) is 11.8 Å². The van der Waals surface area contributed by atoms with Crippen molar-refractivity contribution in [2.45, 2.75) is 32.3 Å². The van der Waals surface area contributed by atoms with E-state index < -0.39 is 10.0 Å². The molecule has 0 saturated heterocycles. The topological polar surface area (TPSA) is 66.4 Å². The Morgan fingerprint density at radius 3 is 2.53 bits per heavy atom. The van der Waals surface area contributed by atoms with E-state index in [2.05, 4.69) is 18.6 Å². The molecule has 1 heterocycles. The summed E-state index contributed by atoms with van der Waals surface area (Å²) in [6.45, 7) is 6.45. The highest BCUT2D eigenvalue weighted by molar-refractivity contribution is 7.89. The van der Waals surface area contributed by atoms with Gasteiger partial charge in [0.05, 0.1) is 11.5 Å². The van der Waals surface area contributed by atoms with Gasteiger partial charge >= 0.3 is 0 Å². The molecule has 6 heteroatoms. The molecule has 0 radical (unpaired) electrons. The van der Waals surface area contributed by atoms with E-state index in [0.29, 0.717) is 23.3 Å². The maximum atomic E-state index is 11.9. The van der Waals surface area contributed by atoms with Crippen LogP contribution in [0.3, 0.4) is 0 Å². The van der Waals surface area contributed by atoms with Gasteiger partial charge in [-0.25, -0.2) is 13.1 Å². The van der Waals surface area contributed by atoms with Gasteiger partial charge < -0.3 is 5.11 Å². The summed E-state index contributed by atoms with van der Waals surface area (Å²) in [4.78, 5) is 0.893. The van der Waals surface area contributed by atoms with E-state index in [1.54, 1.807) is 5.38 Å². The molecule has 1 unspecified atom stereocenters. The summed E-state index contributed by atoms with van der Waals surface area (Å²) in [5.41, 5.74) is 0. The Labute approximate surface area is 107 Å². The Balaban J connectivity index is 2.69. The van der Waals surface area contributed by atoms with Crippen molar-refractivity contribution in [2.75, 3.05) is 6.54 Å². The van der Waals surface area contributed by atoms with Crippen LogP contribution in [0.2, 0.25) is 0 Å². The predicted octanol–water partition coefficient (Wildman–Crippen LogP) is 1.81. The summed E-state index contributed by atoms with van der Waals surface area (Å²) in [6.07, 6.45) is 0. The van der Waals surface area contributed by atoms with Gasteiger partial charge in [0.2, 0.25) is 10.0 Å². The number of hydrogen-bond acceptors (Lipinski definition) is 4. The minimum Gasteiger partial charge on any atom is -0.391 e. The van der Waals surface area contributed by atoms with Crippen molar-refractivity contribution in [2.24, 2.45) is 11.8 Å². The van der Waals surface area contributed by atoms with Crippen molar-refractivity contribution < 1.29 is 13.5 Å². The highest BCUT2D eigenvalue weighted by Gasteiger charge is 2.17. The number of thiophene rings is 1. The minimum atomic E-state index is -3.43. The second-order valence-electron chi connectivity index (χ2n) is 4.48. The van der Waals surface area contributed by atoms with Gasteiger partial charge in [0.1, 0.15) is 0 Å². The molecule has 1 aromatic rings. The monoisotopic (exact) mass is 277 g/mol. The molecule has 0 aliphatic heterocycles. The number of aliphatic hydroxyl groups excluding tert-OH is 1. The number of sulfonamides is 1. The van der Waals surface area contributed by atoms with Crippen molar-refractivity contribution in [3.8, 4) is 0 Å². The molecule has 17 heavy (non-hydrogen) atoms. The first-order valence-corrected chi connectivity index (χ1v) is 7.91. The first kappa shape index (κ1) is 14.6. The lowest BCUT2D eigenvalue weighted by atomic mass is 9.99. The average molecular weight is 277 g/mol. The largest absolute Gasteiger partial charge is 0.391 e. The van der Waals surface area contributed by atoms with Gasteiger partial charge in [0, 0.05) is 16.8 Å². The fraction of sp³-hybridized carbons (Fsp3) is 0.636. The van der Waals surface area contributed by atoms with Crippen LogP contribution in [0.1, 0.15) is 25.6 Å². The van der Waals surface area contributed by atoms with Crippen LogP contribution in [0.25, 0.3) is 0 Å². The molecule has 1 atom stereocenters. The van der Waals surface area contributed by atoms with Gasteiger partial charge in [0.15, 0.2) is 0 Å². The molecular weight excluding hydrogens is 258 g/mol. The van der Waals surface area contributed by atoms with E-state index in [9.17, 15) is 8.42 Å². The van der Waals surface area contributed by atoms with E-state index >= 15 is 0 Å². The number of aliphatic hydroxyl groups is 1. The van der Waals surface area contributed by atoms with Crippen LogP contribution in [0.15, 0.2) is 16.3 Å². The third kappa shape index (κ3) is 4.06. The molecule has 2 N–H and O–H groups in total. The second kappa shape index (κ2) is 5.95. The molecule has 1 aromatic heterocycles. The molecule has 98 valence electrons. The van der Waals surface area contributed by atoms with Gasteiger partial charge in [-0.1, -0.05) is 20.8 Å². The van der Waals surface area contributed by atoms with Gasteiger partial charge in [-0.2, -0.15) is 0 Å². The van der Waals surface area contributed by atoms with Gasteiger partial charge in [0.25, 0.3) is 0 Å². The fourth-order valence-corrected chi connectivity index (χ4v) is 3.42. The lowest BCUT2D eigenvalue weighted by molar-refractivity contribution is 0.285. The van der Waals surface area contributed by atoms with E-state index in [4.69, 9.17) is 5.11 Å². The summed E-state index contributed by atoms with van der Waals surface area (Å²) in [6, 6.07) is 1.51. The van der Waals surface area contributed by atoms with Crippen molar-refractivity contribution in [1.82, 2.24) is 4.72 Å². The molecular formula is C11H19NO3S2. The normalized spacial score (nSPS) is 14.2. The maximum Gasteiger partial charge on any atom is 0.241 e. The Kier molecular flexibility index (Phi) is 5.12. The predicted molar refractivity (Wildman–Crippen MR) is 69.4 cm³/mol. The van der Waals surface area contributed by atoms with Crippen LogP contribution in [0.5, 0.6) is 0 Å². The molecule has 0 aromatic carbocycles. The zero-order valence-corrected chi connectivity index (χ0v) is 11.9. The Morgan fingerprint density at radius 1 is 1.41 bits per heavy atom. The van der Waals surface area contributed by atoms with Crippen LogP contribution in [-0.4, -0.2) is 20.1 Å². The van der Waals surface area contributed by atoms with Crippen LogP contribution in [0.4, 0.5) is 0 Å². The number of nitrogens with one attached hydrogen (secondary N) is 1. The van der Waals surface area contributed by atoms with Gasteiger partial charge in [-0.3, -0.25) is 0 Å². The zero-order chi connectivity index (χ0) is 13.1. The summed E-state index contributed by atoms with van der Waals surface area (Å²) in [5.74, 6) is 0.730. The SMILES string of the molecule is CC(C)C(C)CNS(=O)(=O)c1csc(CO)c1. The van der Waals surface area contributed by atoms with E-state index in [1.165, 1.54) is 17.4 Å². The fourth-order valence-electron chi connectivity index (χ4n) is 1.14. The van der Waals surface area contributed by atoms with Crippen molar-refractivity contribution >= 4 is 21.4 Å². The quantitative estimate of drug-likeness (QED) is 0.833. The molecule has 4 nitrogen and oxygen atoms in total. The molecule has 0 spiro atoms. The van der Waals surface area contributed by atoms with Crippen LogP contribution >= 0.6 is 11.3 Å². The molecule has 0 saturated carbocycles.